The first-order chi connectivity index (χ1) is 12.1. The number of nitrogens with zero attached hydrogens (tertiary/aromatic N) is 4. The lowest BCUT2D eigenvalue weighted by molar-refractivity contribution is 0.0936. The summed E-state index contributed by atoms with van der Waals surface area (Å²) in [7, 11) is 0. The maximum atomic E-state index is 12.8. The van der Waals surface area contributed by atoms with Crippen molar-refractivity contribution in [2.45, 2.75) is 0 Å². The van der Waals surface area contributed by atoms with Gasteiger partial charge in [0.15, 0.2) is 0 Å². The van der Waals surface area contributed by atoms with Crippen molar-refractivity contribution in [3.8, 4) is 11.4 Å². The summed E-state index contributed by atoms with van der Waals surface area (Å²) in [4.78, 5) is 13.2. The van der Waals surface area contributed by atoms with Crippen LogP contribution in [-0.4, -0.2) is 39.3 Å². The van der Waals surface area contributed by atoms with E-state index in [2.05, 4.69) is 20.7 Å². The fourth-order valence-corrected chi connectivity index (χ4v) is 2.06. The van der Waals surface area contributed by atoms with Crippen molar-refractivity contribution in [3.63, 3.8) is 0 Å². The lowest BCUT2D eigenvalue weighted by Crippen LogP contribution is -2.29. The monoisotopic (exact) mass is 361 g/mol. The van der Waals surface area contributed by atoms with E-state index < -0.39 is 5.91 Å². The zero-order valence-electron chi connectivity index (χ0n) is 12.9. The summed E-state index contributed by atoms with van der Waals surface area (Å²) >= 11 is 5.82. The van der Waals surface area contributed by atoms with E-state index >= 15 is 0 Å². The maximum Gasteiger partial charge on any atom is 0.293 e. The molecular formula is C16H13ClFN5O2. The molecule has 1 amide bonds. The lowest BCUT2D eigenvalue weighted by atomic mass is 10.3. The number of benzene rings is 2. The normalized spacial score (nSPS) is 10.5. The fourth-order valence-electron chi connectivity index (χ4n) is 1.93. The van der Waals surface area contributed by atoms with Gasteiger partial charge in [0, 0.05) is 5.02 Å². The van der Waals surface area contributed by atoms with Gasteiger partial charge >= 0.3 is 0 Å². The Hall–Kier alpha value is -3.00. The number of amides is 1. The summed E-state index contributed by atoms with van der Waals surface area (Å²) in [6.07, 6.45) is 0. The molecule has 2 aromatic carbocycles. The van der Waals surface area contributed by atoms with Gasteiger partial charge < -0.3 is 10.1 Å². The van der Waals surface area contributed by atoms with Crippen LogP contribution in [0.4, 0.5) is 4.39 Å². The van der Waals surface area contributed by atoms with E-state index in [4.69, 9.17) is 16.3 Å². The first-order valence-electron chi connectivity index (χ1n) is 7.34. The van der Waals surface area contributed by atoms with Crippen molar-refractivity contribution in [1.29, 1.82) is 0 Å². The van der Waals surface area contributed by atoms with Crippen LogP contribution < -0.4 is 10.1 Å². The minimum atomic E-state index is -0.470. The molecular weight excluding hydrogens is 349 g/mol. The number of aromatic nitrogens is 4. The quantitative estimate of drug-likeness (QED) is 0.681. The molecule has 0 saturated heterocycles. The van der Waals surface area contributed by atoms with Gasteiger partial charge in [-0.2, -0.15) is 0 Å². The van der Waals surface area contributed by atoms with Gasteiger partial charge in [-0.05, 0) is 53.7 Å². The van der Waals surface area contributed by atoms with Gasteiger partial charge in [0.05, 0.1) is 12.2 Å². The van der Waals surface area contributed by atoms with Crippen molar-refractivity contribution >= 4 is 17.5 Å². The number of ether oxygens (including phenoxy) is 1. The highest BCUT2D eigenvalue weighted by atomic mass is 35.5. The molecule has 0 unspecified atom stereocenters. The Balaban J connectivity index is 1.50. The van der Waals surface area contributed by atoms with Crippen molar-refractivity contribution in [3.05, 3.63) is 65.2 Å². The smallest absolute Gasteiger partial charge is 0.293 e. The van der Waals surface area contributed by atoms with Crippen LogP contribution in [0.5, 0.6) is 5.75 Å². The summed E-state index contributed by atoms with van der Waals surface area (Å²) in [6, 6.07) is 12.4. The van der Waals surface area contributed by atoms with Gasteiger partial charge in [-0.3, -0.25) is 4.79 Å². The molecule has 0 saturated carbocycles. The number of halogens is 2. The number of carbonyl (C=O) groups is 1. The van der Waals surface area contributed by atoms with Crippen molar-refractivity contribution < 1.29 is 13.9 Å². The van der Waals surface area contributed by atoms with Gasteiger partial charge in [0.25, 0.3) is 11.7 Å². The minimum absolute atomic E-state index is 0.0586. The molecule has 0 aliphatic heterocycles. The van der Waals surface area contributed by atoms with E-state index in [0.717, 1.165) is 0 Å². The predicted molar refractivity (Wildman–Crippen MR) is 88.4 cm³/mol. The van der Waals surface area contributed by atoms with E-state index in [1.54, 1.807) is 24.3 Å². The SMILES string of the molecule is O=C(NCCOc1ccc(F)cc1)c1nnn(-c2ccc(Cl)cc2)n1. The number of hydrogen-bond acceptors (Lipinski definition) is 5. The lowest BCUT2D eigenvalue weighted by Gasteiger charge is -2.06. The third-order valence-corrected chi connectivity index (χ3v) is 3.40. The highest BCUT2D eigenvalue weighted by molar-refractivity contribution is 6.30. The Labute approximate surface area is 147 Å². The van der Waals surface area contributed by atoms with Gasteiger partial charge in [-0.15, -0.1) is 15.0 Å². The molecule has 0 fully saturated rings. The summed E-state index contributed by atoms with van der Waals surface area (Å²) in [5.41, 5.74) is 0.635. The molecule has 0 aliphatic rings. The van der Waals surface area contributed by atoms with Crippen LogP contribution in [0.25, 0.3) is 5.69 Å². The third kappa shape index (κ3) is 4.51. The maximum absolute atomic E-state index is 12.8. The minimum Gasteiger partial charge on any atom is -0.492 e. The third-order valence-electron chi connectivity index (χ3n) is 3.14. The number of tetrazole rings is 1. The van der Waals surface area contributed by atoms with Crippen LogP contribution in [0.15, 0.2) is 48.5 Å². The molecule has 25 heavy (non-hydrogen) atoms. The molecule has 1 heterocycles. The van der Waals surface area contributed by atoms with Crippen LogP contribution >= 0.6 is 11.6 Å². The Kier molecular flexibility index (Phi) is 5.20. The Morgan fingerprint density at radius 2 is 1.88 bits per heavy atom. The van der Waals surface area contributed by atoms with E-state index in [0.29, 0.717) is 16.5 Å². The fraction of sp³-hybridized carbons (Fsp3) is 0.125. The number of nitrogens with one attached hydrogen (secondary N) is 1. The van der Waals surface area contributed by atoms with E-state index in [9.17, 15) is 9.18 Å². The second-order valence-corrected chi connectivity index (χ2v) is 5.37. The molecule has 0 radical (unpaired) electrons. The average molecular weight is 362 g/mol. The van der Waals surface area contributed by atoms with E-state index in [1.807, 2.05) is 0 Å². The number of hydrogen-bond donors (Lipinski definition) is 1. The van der Waals surface area contributed by atoms with Gasteiger partial charge in [0.2, 0.25) is 0 Å². The van der Waals surface area contributed by atoms with Crippen LogP contribution in [0.2, 0.25) is 5.02 Å². The molecule has 0 aliphatic carbocycles. The second kappa shape index (κ2) is 7.71. The summed E-state index contributed by atoms with van der Waals surface area (Å²) in [6.45, 7) is 0.467. The molecule has 0 atom stereocenters. The topological polar surface area (TPSA) is 81.9 Å². The Bertz CT molecular complexity index is 852. The molecule has 7 nitrogen and oxygen atoms in total. The van der Waals surface area contributed by atoms with Crippen molar-refractivity contribution in [1.82, 2.24) is 25.5 Å². The number of rotatable bonds is 6. The first kappa shape index (κ1) is 16.8. The summed E-state index contributed by atoms with van der Waals surface area (Å²) in [5, 5.41) is 14.8. The molecule has 0 spiro atoms. The van der Waals surface area contributed by atoms with Crippen LogP contribution in [0.3, 0.4) is 0 Å². The van der Waals surface area contributed by atoms with E-state index in [1.165, 1.54) is 29.1 Å². The molecule has 128 valence electrons. The zero-order chi connectivity index (χ0) is 17.6. The Morgan fingerprint density at radius 3 is 2.60 bits per heavy atom. The molecule has 3 aromatic rings. The standard InChI is InChI=1S/C16H13ClFN5O2/c17-11-1-5-13(6-2-11)23-21-15(20-22-23)16(24)19-9-10-25-14-7-3-12(18)4-8-14/h1-8H,9-10H2,(H,19,24). The summed E-state index contributed by atoms with van der Waals surface area (Å²) < 4.78 is 18.1. The molecule has 1 aromatic heterocycles. The molecule has 1 N–H and O–H groups in total. The number of carbonyl (C=O) groups excluding carboxylic acids is 1. The average Bonchev–Trinajstić information content (AvgIpc) is 3.11. The van der Waals surface area contributed by atoms with Crippen LogP contribution in [0.1, 0.15) is 10.6 Å². The second-order valence-electron chi connectivity index (χ2n) is 4.94. The van der Waals surface area contributed by atoms with Crippen LogP contribution in [-0.2, 0) is 0 Å². The largest absolute Gasteiger partial charge is 0.492 e. The highest BCUT2D eigenvalue weighted by Crippen LogP contribution is 2.12. The summed E-state index contributed by atoms with van der Waals surface area (Å²) in [5.74, 6) is -0.349. The molecule has 9 heteroatoms. The highest BCUT2D eigenvalue weighted by Gasteiger charge is 2.13. The first-order valence-corrected chi connectivity index (χ1v) is 7.72. The van der Waals surface area contributed by atoms with Crippen molar-refractivity contribution in [2.75, 3.05) is 13.2 Å². The van der Waals surface area contributed by atoms with E-state index in [-0.39, 0.29) is 24.8 Å². The van der Waals surface area contributed by atoms with Gasteiger partial charge in [-0.1, -0.05) is 11.6 Å². The molecule has 0 bridgehead atoms. The zero-order valence-corrected chi connectivity index (χ0v) is 13.7. The van der Waals surface area contributed by atoms with Crippen molar-refractivity contribution in [2.24, 2.45) is 0 Å². The van der Waals surface area contributed by atoms with Gasteiger partial charge in [-0.25, -0.2) is 4.39 Å². The molecule has 3 rings (SSSR count). The Morgan fingerprint density at radius 1 is 1.16 bits per heavy atom. The predicted octanol–water partition coefficient (Wildman–Crippen LogP) is 2.26. The van der Waals surface area contributed by atoms with Crippen LogP contribution in [0, 0.1) is 5.82 Å². The van der Waals surface area contributed by atoms with Gasteiger partial charge in [0.1, 0.15) is 18.2 Å².